The van der Waals surface area contributed by atoms with Crippen LogP contribution in [0, 0.1) is 5.82 Å². The molecule has 0 aliphatic carbocycles. The molecule has 0 bridgehead atoms. The molecule has 2 nitrogen and oxygen atoms in total. The molecular weight excluding hydrogens is 347 g/mol. The maximum absolute atomic E-state index is 13.3. The first kappa shape index (κ1) is 15.1. The second kappa shape index (κ2) is 6.46. The van der Waals surface area contributed by atoms with Crippen LogP contribution >= 0.6 is 27.5 Å². The Hall–Kier alpha value is -1.26. The molecule has 1 unspecified atom stereocenters. The Morgan fingerprint density at radius 1 is 1.10 bits per heavy atom. The molecule has 0 aromatic heterocycles. The number of methoxy groups -OCH3 is 2. The van der Waals surface area contributed by atoms with Gasteiger partial charge in [0.15, 0.2) is 11.5 Å². The molecule has 0 amide bonds. The van der Waals surface area contributed by atoms with Gasteiger partial charge in [0.05, 0.1) is 19.6 Å². The van der Waals surface area contributed by atoms with E-state index in [1.807, 2.05) is 0 Å². The molecule has 0 aliphatic heterocycles. The van der Waals surface area contributed by atoms with E-state index in [1.165, 1.54) is 12.1 Å². The lowest BCUT2D eigenvalue weighted by atomic mass is 10.0. The number of ether oxygens (including phenoxy) is 2. The van der Waals surface area contributed by atoms with Crippen molar-refractivity contribution >= 4 is 27.5 Å². The third-order valence-corrected chi connectivity index (χ3v) is 4.09. The van der Waals surface area contributed by atoms with Crippen molar-refractivity contribution in [3.8, 4) is 11.5 Å². The van der Waals surface area contributed by atoms with Crippen LogP contribution in [0.2, 0.25) is 0 Å². The smallest absolute Gasteiger partial charge is 0.161 e. The molecule has 0 aliphatic rings. The molecule has 5 heteroatoms. The predicted molar refractivity (Wildman–Crippen MR) is 81.3 cm³/mol. The highest BCUT2D eigenvalue weighted by Crippen LogP contribution is 2.40. The lowest BCUT2D eigenvalue weighted by Crippen LogP contribution is -1.98. The molecular formula is C15H13BrClFO2. The molecule has 1 atom stereocenters. The second-order valence-corrected chi connectivity index (χ2v) is 5.44. The van der Waals surface area contributed by atoms with Crippen molar-refractivity contribution in [3.63, 3.8) is 0 Å². The van der Waals surface area contributed by atoms with Gasteiger partial charge in [0.2, 0.25) is 0 Å². The summed E-state index contributed by atoms with van der Waals surface area (Å²) in [5.74, 6) is 0.865. The maximum atomic E-state index is 13.3. The van der Waals surface area contributed by atoms with Crippen LogP contribution < -0.4 is 9.47 Å². The Kier molecular flexibility index (Phi) is 4.89. The van der Waals surface area contributed by atoms with Crippen molar-refractivity contribution in [2.75, 3.05) is 14.2 Å². The van der Waals surface area contributed by atoms with Crippen LogP contribution in [0.3, 0.4) is 0 Å². The summed E-state index contributed by atoms with van der Waals surface area (Å²) in [6.07, 6.45) is 0. The van der Waals surface area contributed by atoms with Crippen LogP contribution in [0.25, 0.3) is 0 Å². The summed E-state index contributed by atoms with van der Waals surface area (Å²) in [6.45, 7) is 0. The first-order valence-electron chi connectivity index (χ1n) is 5.87. The predicted octanol–water partition coefficient (Wildman–Crippen LogP) is 4.93. The fourth-order valence-corrected chi connectivity index (χ4v) is 2.91. The second-order valence-electron chi connectivity index (χ2n) is 4.15. The summed E-state index contributed by atoms with van der Waals surface area (Å²) < 4.78 is 24.6. The van der Waals surface area contributed by atoms with E-state index < -0.39 is 5.38 Å². The number of benzene rings is 2. The Balaban J connectivity index is 2.46. The van der Waals surface area contributed by atoms with Crippen molar-refractivity contribution in [1.29, 1.82) is 0 Å². The molecule has 0 saturated heterocycles. The van der Waals surface area contributed by atoms with Crippen molar-refractivity contribution in [1.82, 2.24) is 0 Å². The molecule has 0 fully saturated rings. The van der Waals surface area contributed by atoms with Crippen molar-refractivity contribution in [3.05, 3.63) is 57.8 Å². The van der Waals surface area contributed by atoms with Gasteiger partial charge in [0.1, 0.15) is 5.82 Å². The monoisotopic (exact) mass is 358 g/mol. The zero-order chi connectivity index (χ0) is 14.7. The molecule has 0 N–H and O–H groups in total. The summed E-state index contributed by atoms with van der Waals surface area (Å²) in [7, 11) is 3.12. The van der Waals surface area contributed by atoms with Gasteiger partial charge in [0, 0.05) is 4.47 Å². The van der Waals surface area contributed by atoms with Gasteiger partial charge in [0.25, 0.3) is 0 Å². The highest BCUT2D eigenvalue weighted by molar-refractivity contribution is 9.10. The van der Waals surface area contributed by atoms with E-state index in [-0.39, 0.29) is 5.82 Å². The van der Waals surface area contributed by atoms with Gasteiger partial charge in [-0.05, 0) is 35.4 Å². The number of alkyl halides is 1. The first-order chi connectivity index (χ1) is 9.56. The minimum atomic E-state index is -0.486. The van der Waals surface area contributed by atoms with Crippen molar-refractivity contribution < 1.29 is 13.9 Å². The van der Waals surface area contributed by atoms with Gasteiger partial charge in [-0.3, -0.25) is 0 Å². The lowest BCUT2D eigenvalue weighted by molar-refractivity contribution is 0.354. The fraction of sp³-hybridized carbons (Fsp3) is 0.200. The maximum Gasteiger partial charge on any atom is 0.161 e. The Bertz CT molecular complexity index is 619. The number of hydrogen-bond acceptors (Lipinski definition) is 2. The Labute approximate surface area is 130 Å². The molecule has 0 heterocycles. The third-order valence-electron chi connectivity index (χ3n) is 2.92. The van der Waals surface area contributed by atoms with Crippen LogP contribution in [0.5, 0.6) is 11.5 Å². The number of hydrogen-bond donors (Lipinski definition) is 0. The van der Waals surface area contributed by atoms with Crippen LogP contribution in [0.4, 0.5) is 4.39 Å². The van der Waals surface area contributed by atoms with Gasteiger partial charge >= 0.3 is 0 Å². The van der Waals surface area contributed by atoms with Crippen molar-refractivity contribution in [2.24, 2.45) is 0 Å². The highest BCUT2D eigenvalue weighted by atomic mass is 79.9. The molecule has 20 heavy (non-hydrogen) atoms. The summed E-state index contributed by atoms with van der Waals surface area (Å²) >= 11 is 9.89. The molecule has 2 aromatic carbocycles. The van der Waals surface area contributed by atoms with Gasteiger partial charge in [-0.1, -0.05) is 28.1 Å². The van der Waals surface area contributed by atoms with E-state index in [4.69, 9.17) is 21.1 Å². The first-order valence-corrected chi connectivity index (χ1v) is 7.10. The largest absolute Gasteiger partial charge is 0.493 e. The summed E-state index contributed by atoms with van der Waals surface area (Å²) in [4.78, 5) is 0. The van der Waals surface area contributed by atoms with E-state index in [2.05, 4.69) is 15.9 Å². The molecule has 2 aromatic rings. The molecule has 0 radical (unpaired) electrons. The lowest BCUT2D eigenvalue weighted by Gasteiger charge is -2.16. The minimum Gasteiger partial charge on any atom is -0.493 e. The molecule has 0 spiro atoms. The third kappa shape index (κ3) is 3.07. The quantitative estimate of drug-likeness (QED) is 0.720. The van der Waals surface area contributed by atoms with E-state index in [0.29, 0.717) is 17.1 Å². The Morgan fingerprint density at radius 3 is 2.35 bits per heavy atom. The van der Waals surface area contributed by atoms with Gasteiger partial charge < -0.3 is 9.47 Å². The van der Waals surface area contributed by atoms with Crippen LogP contribution in [-0.2, 0) is 0 Å². The van der Waals surface area contributed by atoms with E-state index in [1.54, 1.807) is 38.5 Å². The van der Waals surface area contributed by atoms with Gasteiger partial charge in [-0.15, -0.1) is 11.6 Å². The zero-order valence-electron chi connectivity index (χ0n) is 11.0. The van der Waals surface area contributed by atoms with Gasteiger partial charge in [-0.2, -0.15) is 0 Å². The van der Waals surface area contributed by atoms with E-state index >= 15 is 0 Å². The SMILES string of the molecule is COc1cc(Br)c(C(Cl)c2cccc(F)c2)cc1OC. The minimum absolute atomic E-state index is 0.315. The summed E-state index contributed by atoms with van der Waals surface area (Å²) in [6, 6.07) is 9.78. The van der Waals surface area contributed by atoms with Crippen LogP contribution in [-0.4, -0.2) is 14.2 Å². The van der Waals surface area contributed by atoms with Crippen molar-refractivity contribution in [2.45, 2.75) is 5.38 Å². The average molecular weight is 360 g/mol. The Morgan fingerprint density at radius 2 is 1.75 bits per heavy atom. The fourth-order valence-electron chi connectivity index (χ4n) is 1.91. The molecule has 2 rings (SSSR count). The zero-order valence-corrected chi connectivity index (χ0v) is 13.3. The van der Waals surface area contributed by atoms with Crippen LogP contribution in [0.15, 0.2) is 40.9 Å². The molecule has 0 saturated carbocycles. The summed E-state index contributed by atoms with van der Waals surface area (Å²) in [5, 5.41) is -0.486. The highest BCUT2D eigenvalue weighted by Gasteiger charge is 2.18. The standard InChI is InChI=1S/C15H13BrClFO2/c1-19-13-7-11(12(16)8-14(13)20-2)15(17)9-4-3-5-10(18)6-9/h3-8,15H,1-2H3. The van der Waals surface area contributed by atoms with E-state index in [9.17, 15) is 4.39 Å². The average Bonchev–Trinajstić information content (AvgIpc) is 2.46. The topological polar surface area (TPSA) is 18.5 Å². The number of halogens is 3. The normalized spacial score (nSPS) is 12.1. The van der Waals surface area contributed by atoms with Gasteiger partial charge in [-0.25, -0.2) is 4.39 Å². The van der Waals surface area contributed by atoms with Crippen LogP contribution in [0.1, 0.15) is 16.5 Å². The summed E-state index contributed by atoms with van der Waals surface area (Å²) in [5.41, 5.74) is 1.47. The molecule has 106 valence electrons. The number of rotatable bonds is 4. The van der Waals surface area contributed by atoms with E-state index in [0.717, 1.165) is 10.0 Å².